The first kappa shape index (κ1) is 17.0. The summed E-state index contributed by atoms with van der Waals surface area (Å²) in [5.74, 6) is 0.414. The molecule has 1 aromatic carbocycles. The number of nitrogens with zero attached hydrogens (tertiary/aromatic N) is 2. The monoisotopic (exact) mass is 333 g/mol. The molecule has 4 nitrogen and oxygen atoms in total. The molecular weight excluding hydrogens is 310 g/mol. The molecule has 0 aliphatic carbocycles. The highest BCUT2D eigenvalue weighted by Gasteiger charge is 2.27. The summed E-state index contributed by atoms with van der Waals surface area (Å²) in [5, 5.41) is 5.08. The van der Waals surface area contributed by atoms with E-state index >= 15 is 0 Å². The van der Waals surface area contributed by atoms with Crippen molar-refractivity contribution in [3.63, 3.8) is 0 Å². The Balaban J connectivity index is 1.67. The van der Waals surface area contributed by atoms with Crippen LogP contribution in [0.25, 0.3) is 10.8 Å². The quantitative estimate of drug-likeness (QED) is 0.819. The molecule has 1 atom stereocenters. The maximum atomic E-state index is 12.6. The SMILES string of the molecule is C=C/C=C\C=C(/C)C1CCN(C(=O)Nc2cccc3cnccc23)C1. The molecule has 1 aliphatic rings. The molecule has 0 spiro atoms. The average molecular weight is 333 g/mol. The Bertz CT molecular complexity index is 833. The summed E-state index contributed by atoms with van der Waals surface area (Å²) in [5.41, 5.74) is 2.12. The van der Waals surface area contributed by atoms with E-state index in [9.17, 15) is 4.79 Å². The van der Waals surface area contributed by atoms with Crippen LogP contribution in [0.15, 0.2) is 73.1 Å². The van der Waals surface area contributed by atoms with Gasteiger partial charge >= 0.3 is 6.03 Å². The van der Waals surface area contributed by atoms with Crippen LogP contribution in [0.3, 0.4) is 0 Å². The number of pyridine rings is 1. The number of carbonyl (C=O) groups excluding carboxylic acids is 1. The van der Waals surface area contributed by atoms with E-state index in [0.29, 0.717) is 5.92 Å². The van der Waals surface area contributed by atoms with Crippen molar-refractivity contribution in [1.82, 2.24) is 9.88 Å². The second-order valence-electron chi connectivity index (χ2n) is 6.30. The number of nitrogens with one attached hydrogen (secondary N) is 1. The van der Waals surface area contributed by atoms with Gasteiger partial charge in [0.25, 0.3) is 0 Å². The summed E-state index contributed by atoms with van der Waals surface area (Å²) in [4.78, 5) is 18.7. The van der Waals surface area contributed by atoms with Crippen molar-refractivity contribution >= 4 is 22.5 Å². The Morgan fingerprint density at radius 2 is 2.24 bits per heavy atom. The Labute approximate surface area is 148 Å². The number of anilines is 1. The van der Waals surface area contributed by atoms with Crippen molar-refractivity contribution in [2.45, 2.75) is 13.3 Å². The molecule has 1 saturated heterocycles. The van der Waals surface area contributed by atoms with Gasteiger partial charge in [-0.25, -0.2) is 4.79 Å². The van der Waals surface area contributed by atoms with Crippen molar-refractivity contribution < 1.29 is 4.79 Å². The molecule has 2 amide bonds. The van der Waals surface area contributed by atoms with E-state index in [-0.39, 0.29) is 6.03 Å². The number of carbonyl (C=O) groups is 1. The summed E-state index contributed by atoms with van der Waals surface area (Å²) in [6, 6.07) is 7.75. The van der Waals surface area contributed by atoms with E-state index in [0.717, 1.165) is 36.0 Å². The van der Waals surface area contributed by atoms with E-state index < -0.39 is 0 Å². The summed E-state index contributed by atoms with van der Waals surface area (Å²) in [7, 11) is 0. The predicted octanol–water partition coefficient (Wildman–Crippen LogP) is 4.78. The standard InChI is InChI=1S/C21H23N3O/c1-3-4-5-7-16(2)18-11-13-24(15-18)21(25)23-20-9-6-8-17-14-22-12-10-19(17)20/h3-10,12,14,18H,1,11,13,15H2,2H3,(H,23,25)/b5-4-,16-7+. The minimum Gasteiger partial charge on any atom is -0.324 e. The molecule has 1 aromatic heterocycles. The second-order valence-corrected chi connectivity index (χ2v) is 6.30. The van der Waals surface area contributed by atoms with Crippen LogP contribution in [-0.2, 0) is 0 Å². The van der Waals surface area contributed by atoms with Crippen molar-refractivity contribution in [2.75, 3.05) is 18.4 Å². The van der Waals surface area contributed by atoms with Gasteiger partial charge in [-0.15, -0.1) is 0 Å². The van der Waals surface area contributed by atoms with Crippen LogP contribution in [0, 0.1) is 5.92 Å². The number of rotatable bonds is 4. The normalized spacial score (nSPS) is 18.0. The van der Waals surface area contributed by atoms with Gasteiger partial charge in [0.05, 0.1) is 5.69 Å². The third-order valence-corrected chi connectivity index (χ3v) is 4.65. The van der Waals surface area contributed by atoms with Crippen LogP contribution in [0.1, 0.15) is 13.3 Å². The van der Waals surface area contributed by atoms with E-state index in [1.54, 1.807) is 12.3 Å². The zero-order chi connectivity index (χ0) is 17.6. The zero-order valence-corrected chi connectivity index (χ0v) is 14.5. The number of amides is 2. The summed E-state index contributed by atoms with van der Waals surface area (Å²) in [6.45, 7) is 7.32. The van der Waals surface area contributed by atoms with Crippen LogP contribution in [0.4, 0.5) is 10.5 Å². The lowest BCUT2D eigenvalue weighted by molar-refractivity contribution is 0.221. The van der Waals surface area contributed by atoms with Gasteiger partial charge in [0.1, 0.15) is 0 Å². The fraction of sp³-hybridized carbons (Fsp3) is 0.238. The highest BCUT2D eigenvalue weighted by Crippen LogP contribution is 2.26. The van der Waals surface area contributed by atoms with Gasteiger partial charge in [0, 0.05) is 36.3 Å². The Morgan fingerprint density at radius 3 is 3.08 bits per heavy atom. The third kappa shape index (κ3) is 3.97. The van der Waals surface area contributed by atoms with Crippen LogP contribution >= 0.6 is 0 Å². The molecule has 0 radical (unpaired) electrons. The van der Waals surface area contributed by atoms with Crippen molar-refractivity contribution in [3.05, 3.63) is 73.1 Å². The second kappa shape index (κ2) is 7.79. The van der Waals surface area contributed by atoms with Gasteiger partial charge in [-0.1, -0.05) is 48.6 Å². The molecule has 3 rings (SSSR count). The largest absolute Gasteiger partial charge is 0.324 e. The Hall–Kier alpha value is -2.88. The van der Waals surface area contributed by atoms with Crippen LogP contribution < -0.4 is 5.32 Å². The lowest BCUT2D eigenvalue weighted by atomic mass is 9.99. The maximum Gasteiger partial charge on any atom is 0.321 e. The molecule has 1 unspecified atom stereocenters. The minimum atomic E-state index is -0.0405. The maximum absolute atomic E-state index is 12.6. The molecule has 1 N–H and O–H groups in total. The van der Waals surface area contributed by atoms with Crippen molar-refractivity contribution in [2.24, 2.45) is 5.92 Å². The summed E-state index contributed by atoms with van der Waals surface area (Å²) < 4.78 is 0. The van der Waals surface area contributed by atoms with Crippen molar-refractivity contribution in [3.8, 4) is 0 Å². The number of hydrogen-bond acceptors (Lipinski definition) is 2. The predicted molar refractivity (Wildman–Crippen MR) is 104 cm³/mol. The van der Waals surface area contributed by atoms with Gasteiger partial charge in [-0.2, -0.15) is 0 Å². The number of allylic oxidation sites excluding steroid dienone is 4. The van der Waals surface area contributed by atoms with Crippen molar-refractivity contribution in [1.29, 1.82) is 0 Å². The van der Waals surface area contributed by atoms with E-state index in [2.05, 4.69) is 29.9 Å². The van der Waals surface area contributed by atoms with Crippen LogP contribution in [-0.4, -0.2) is 29.0 Å². The van der Waals surface area contributed by atoms with E-state index in [1.165, 1.54) is 5.57 Å². The molecule has 128 valence electrons. The van der Waals surface area contributed by atoms with Crippen LogP contribution in [0.2, 0.25) is 0 Å². The number of fused-ring (bicyclic) bond motifs is 1. The molecular formula is C21H23N3O. The molecule has 1 aliphatic heterocycles. The molecule has 2 heterocycles. The lowest BCUT2D eigenvalue weighted by Crippen LogP contribution is -2.33. The van der Waals surface area contributed by atoms with Gasteiger partial charge in [-0.05, 0) is 31.4 Å². The zero-order valence-electron chi connectivity index (χ0n) is 14.5. The lowest BCUT2D eigenvalue weighted by Gasteiger charge is -2.18. The van der Waals surface area contributed by atoms with E-state index in [4.69, 9.17) is 0 Å². The minimum absolute atomic E-state index is 0.0405. The number of urea groups is 1. The third-order valence-electron chi connectivity index (χ3n) is 4.65. The molecule has 4 heteroatoms. The topological polar surface area (TPSA) is 45.2 Å². The molecule has 25 heavy (non-hydrogen) atoms. The first-order valence-electron chi connectivity index (χ1n) is 8.53. The van der Waals surface area contributed by atoms with Gasteiger partial charge in [0.2, 0.25) is 0 Å². The van der Waals surface area contributed by atoms with Gasteiger partial charge in [-0.3, -0.25) is 4.98 Å². The first-order valence-corrected chi connectivity index (χ1v) is 8.53. The fourth-order valence-corrected chi connectivity index (χ4v) is 3.16. The Morgan fingerprint density at radius 1 is 1.36 bits per heavy atom. The highest BCUT2D eigenvalue weighted by molar-refractivity contribution is 6.01. The molecule has 1 fully saturated rings. The fourth-order valence-electron chi connectivity index (χ4n) is 3.16. The van der Waals surface area contributed by atoms with Gasteiger partial charge < -0.3 is 10.2 Å². The highest BCUT2D eigenvalue weighted by atomic mass is 16.2. The Kier molecular flexibility index (Phi) is 5.29. The summed E-state index contributed by atoms with van der Waals surface area (Å²) in [6.07, 6.45) is 12.3. The average Bonchev–Trinajstić information content (AvgIpc) is 3.12. The van der Waals surface area contributed by atoms with E-state index in [1.807, 2.05) is 47.5 Å². The smallest absolute Gasteiger partial charge is 0.321 e. The number of hydrogen-bond donors (Lipinski definition) is 1. The number of aromatic nitrogens is 1. The molecule has 0 saturated carbocycles. The first-order chi connectivity index (χ1) is 12.2. The van der Waals surface area contributed by atoms with Gasteiger partial charge in [0.15, 0.2) is 0 Å². The summed E-state index contributed by atoms with van der Waals surface area (Å²) >= 11 is 0. The number of benzene rings is 1. The molecule has 2 aromatic rings. The van der Waals surface area contributed by atoms with Crippen LogP contribution in [0.5, 0.6) is 0 Å². The number of likely N-dealkylation sites (tertiary alicyclic amines) is 1. The molecule has 0 bridgehead atoms.